The van der Waals surface area contributed by atoms with Crippen molar-refractivity contribution in [3.8, 4) is 5.75 Å². The van der Waals surface area contributed by atoms with Crippen LogP contribution in [0.15, 0.2) is 48.5 Å². The highest BCUT2D eigenvalue weighted by Crippen LogP contribution is 2.30. The molecule has 2 rings (SSSR count). The van der Waals surface area contributed by atoms with E-state index >= 15 is 0 Å². The average Bonchev–Trinajstić information content (AvgIpc) is 2.37. The van der Waals surface area contributed by atoms with E-state index in [1.807, 2.05) is 0 Å². The van der Waals surface area contributed by atoms with Crippen LogP contribution in [0.3, 0.4) is 0 Å². The van der Waals surface area contributed by atoms with Gasteiger partial charge in [-0.3, -0.25) is 0 Å². The number of hydrogen-bond donors (Lipinski definition) is 2. The van der Waals surface area contributed by atoms with Gasteiger partial charge < -0.3 is 10.4 Å². The molecule has 0 saturated carbocycles. The quantitative estimate of drug-likeness (QED) is 0.823. The van der Waals surface area contributed by atoms with E-state index in [4.69, 9.17) is 0 Å². The van der Waals surface area contributed by atoms with Crippen LogP contribution in [0.1, 0.15) is 11.1 Å². The zero-order valence-electron chi connectivity index (χ0n) is 9.91. The number of phenols is 1. The van der Waals surface area contributed by atoms with E-state index in [1.165, 1.54) is 12.1 Å². The Hall–Kier alpha value is -2.17. The Balaban J connectivity index is 2.10. The largest absolute Gasteiger partial charge is 0.506 e. The highest BCUT2D eigenvalue weighted by atomic mass is 19.4. The van der Waals surface area contributed by atoms with Crippen LogP contribution in [0.25, 0.3) is 0 Å². The fourth-order valence-corrected chi connectivity index (χ4v) is 1.68. The molecule has 0 unspecified atom stereocenters. The summed E-state index contributed by atoms with van der Waals surface area (Å²) in [5, 5.41) is 12.4. The molecule has 0 aliphatic carbocycles. The first-order chi connectivity index (χ1) is 8.97. The first-order valence-electron chi connectivity index (χ1n) is 5.65. The molecule has 2 N–H and O–H groups in total. The third kappa shape index (κ3) is 3.40. The monoisotopic (exact) mass is 267 g/mol. The summed E-state index contributed by atoms with van der Waals surface area (Å²) in [6, 6.07) is 11.7. The van der Waals surface area contributed by atoms with Gasteiger partial charge in [0, 0.05) is 6.54 Å². The standard InChI is InChI=1S/C14H12F3NO/c15-14(16,17)11-5-3-4-10(8-11)9-18-12-6-1-2-7-13(12)19/h1-8,18-19H,9H2. The number of phenolic OH excluding ortho intramolecular Hbond substituents is 1. The molecule has 0 radical (unpaired) electrons. The molecule has 100 valence electrons. The zero-order valence-corrected chi connectivity index (χ0v) is 9.91. The summed E-state index contributed by atoms with van der Waals surface area (Å²) in [5.41, 5.74) is 0.307. The van der Waals surface area contributed by atoms with E-state index in [-0.39, 0.29) is 12.3 Å². The summed E-state index contributed by atoms with van der Waals surface area (Å²) in [6.45, 7) is 0.210. The number of para-hydroxylation sites is 2. The van der Waals surface area contributed by atoms with Gasteiger partial charge in [0.2, 0.25) is 0 Å². The van der Waals surface area contributed by atoms with Crippen molar-refractivity contribution < 1.29 is 18.3 Å². The molecule has 0 atom stereocenters. The minimum atomic E-state index is -4.34. The number of hydrogen-bond acceptors (Lipinski definition) is 2. The van der Waals surface area contributed by atoms with Gasteiger partial charge in [0.25, 0.3) is 0 Å². The van der Waals surface area contributed by atoms with E-state index < -0.39 is 11.7 Å². The van der Waals surface area contributed by atoms with Gasteiger partial charge in [-0.2, -0.15) is 13.2 Å². The van der Waals surface area contributed by atoms with Crippen LogP contribution in [0, 0.1) is 0 Å². The van der Waals surface area contributed by atoms with Gasteiger partial charge in [0.15, 0.2) is 0 Å². The second-order valence-electron chi connectivity index (χ2n) is 4.07. The van der Waals surface area contributed by atoms with Crippen molar-refractivity contribution in [1.82, 2.24) is 0 Å². The van der Waals surface area contributed by atoms with E-state index in [2.05, 4.69) is 5.32 Å². The predicted molar refractivity (Wildman–Crippen MR) is 66.9 cm³/mol. The van der Waals surface area contributed by atoms with E-state index in [9.17, 15) is 18.3 Å². The number of anilines is 1. The molecule has 0 aromatic heterocycles. The second kappa shape index (κ2) is 5.22. The lowest BCUT2D eigenvalue weighted by Crippen LogP contribution is -2.06. The molecule has 0 heterocycles. The molecule has 0 amide bonds. The summed E-state index contributed by atoms with van der Waals surface area (Å²) >= 11 is 0. The Labute approximate surface area is 108 Å². The average molecular weight is 267 g/mol. The molecule has 2 aromatic rings. The van der Waals surface area contributed by atoms with Crippen LogP contribution < -0.4 is 5.32 Å². The van der Waals surface area contributed by atoms with Gasteiger partial charge in [0.05, 0.1) is 11.3 Å². The summed E-state index contributed by atoms with van der Waals surface area (Å²) in [7, 11) is 0. The van der Waals surface area contributed by atoms with Crippen molar-refractivity contribution in [3.63, 3.8) is 0 Å². The van der Waals surface area contributed by atoms with Crippen LogP contribution >= 0.6 is 0 Å². The van der Waals surface area contributed by atoms with Crippen LogP contribution in [0.5, 0.6) is 5.75 Å². The van der Waals surface area contributed by atoms with Crippen molar-refractivity contribution in [2.45, 2.75) is 12.7 Å². The number of halogens is 3. The van der Waals surface area contributed by atoms with E-state index in [0.29, 0.717) is 11.3 Å². The molecule has 19 heavy (non-hydrogen) atoms. The topological polar surface area (TPSA) is 32.3 Å². The van der Waals surface area contributed by atoms with Gasteiger partial charge >= 0.3 is 6.18 Å². The highest BCUT2D eigenvalue weighted by Gasteiger charge is 2.30. The Bertz CT molecular complexity index is 567. The maximum Gasteiger partial charge on any atom is 0.416 e. The highest BCUT2D eigenvalue weighted by molar-refractivity contribution is 5.55. The Morgan fingerprint density at radius 2 is 1.74 bits per heavy atom. The van der Waals surface area contributed by atoms with E-state index in [0.717, 1.165) is 12.1 Å². The smallest absolute Gasteiger partial charge is 0.416 e. The third-order valence-corrected chi connectivity index (χ3v) is 2.64. The molecular formula is C14H12F3NO. The summed E-state index contributed by atoms with van der Waals surface area (Å²) < 4.78 is 37.6. The van der Waals surface area contributed by atoms with Crippen LogP contribution in [-0.4, -0.2) is 5.11 Å². The Kier molecular flexibility index (Phi) is 3.64. The first-order valence-corrected chi connectivity index (χ1v) is 5.65. The zero-order chi connectivity index (χ0) is 13.9. The predicted octanol–water partition coefficient (Wildman–Crippen LogP) is 4.02. The molecule has 5 heteroatoms. The van der Waals surface area contributed by atoms with Gasteiger partial charge in [-0.1, -0.05) is 24.3 Å². The molecule has 0 aliphatic heterocycles. The van der Waals surface area contributed by atoms with Crippen LogP contribution in [0.4, 0.5) is 18.9 Å². The molecule has 2 aromatic carbocycles. The second-order valence-corrected chi connectivity index (χ2v) is 4.07. The van der Waals surface area contributed by atoms with Gasteiger partial charge in [0.1, 0.15) is 5.75 Å². The first kappa shape index (κ1) is 13.3. The lowest BCUT2D eigenvalue weighted by molar-refractivity contribution is -0.137. The Morgan fingerprint density at radius 3 is 2.42 bits per heavy atom. The van der Waals surface area contributed by atoms with Gasteiger partial charge in [-0.05, 0) is 29.8 Å². The molecule has 0 bridgehead atoms. The normalized spacial score (nSPS) is 11.3. The summed E-state index contributed by atoms with van der Waals surface area (Å²) in [6.07, 6.45) is -4.34. The molecule has 0 fully saturated rings. The van der Waals surface area contributed by atoms with Crippen molar-refractivity contribution in [3.05, 3.63) is 59.7 Å². The van der Waals surface area contributed by atoms with Crippen molar-refractivity contribution in [1.29, 1.82) is 0 Å². The molecule has 0 saturated heterocycles. The molecule has 0 spiro atoms. The number of benzene rings is 2. The van der Waals surface area contributed by atoms with E-state index in [1.54, 1.807) is 24.3 Å². The minimum Gasteiger partial charge on any atom is -0.506 e. The lowest BCUT2D eigenvalue weighted by Gasteiger charge is -2.11. The Morgan fingerprint density at radius 1 is 1.00 bits per heavy atom. The molecule has 0 aliphatic rings. The van der Waals surface area contributed by atoms with Gasteiger partial charge in [-0.15, -0.1) is 0 Å². The summed E-state index contributed by atoms with van der Waals surface area (Å²) in [5.74, 6) is 0.0643. The van der Waals surface area contributed by atoms with Crippen LogP contribution in [0.2, 0.25) is 0 Å². The van der Waals surface area contributed by atoms with Crippen molar-refractivity contribution in [2.75, 3.05) is 5.32 Å². The minimum absolute atomic E-state index is 0.0643. The maximum absolute atomic E-state index is 12.5. The number of nitrogens with one attached hydrogen (secondary N) is 1. The molecular weight excluding hydrogens is 255 g/mol. The number of alkyl halides is 3. The van der Waals surface area contributed by atoms with Crippen molar-refractivity contribution >= 4 is 5.69 Å². The number of aromatic hydroxyl groups is 1. The van der Waals surface area contributed by atoms with Gasteiger partial charge in [-0.25, -0.2) is 0 Å². The maximum atomic E-state index is 12.5. The lowest BCUT2D eigenvalue weighted by atomic mass is 10.1. The fraction of sp³-hybridized carbons (Fsp3) is 0.143. The third-order valence-electron chi connectivity index (χ3n) is 2.64. The number of rotatable bonds is 3. The fourth-order valence-electron chi connectivity index (χ4n) is 1.68. The van der Waals surface area contributed by atoms with Crippen molar-refractivity contribution in [2.24, 2.45) is 0 Å². The SMILES string of the molecule is Oc1ccccc1NCc1cccc(C(F)(F)F)c1. The van der Waals surface area contributed by atoms with Crippen LogP contribution in [-0.2, 0) is 12.7 Å². The summed E-state index contributed by atoms with van der Waals surface area (Å²) in [4.78, 5) is 0. The molecule has 2 nitrogen and oxygen atoms in total.